The summed E-state index contributed by atoms with van der Waals surface area (Å²) in [5, 5.41) is 2.71. The Morgan fingerprint density at radius 1 is 1.22 bits per heavy atom. The molecule has 0 bridgehead atoms. The van der Waals surface area contributed by atoms with Crippen LogP contribution in [-0.2, 0) is 24.9 Å². The van der Waals surface area contributed by atoms with E-state index in [-0.39, 0.29) is 0 Å². The third-order valence-electron chi connectivity index (χ3n) is 2.68. The lowest BCUT2D eigenvalue weighted by Gasteiger charge is -2.07. The largest absolute Gasteiger partial charge is 0.445 e. The van der Waals surface area contributed by atoms with Gasteiger partial charge in [-0.1, -0.05) is 30.3 Å². The molecule has 0 saturated carbocycles. The molecule has 2 rings (SSSR count). The maximum absolute atomic E-state index is 11.5. The van der Waals surface area contributed by atoms with Crippen LogP contribution in [0.3, 0.4) is 0 Å². The summed E-state index contributed by atoms with van der Waals surface area (Å²) in [5.74, 6) is 0. The fourth-order valence-electron chi connectivity index (χ4n) is 1.62. The molecule has 0 aliphatic rings. The first-order valence-electron chi connectivity index (χ1n) is 5.80. The van der Waals surface area contributed by atoms with Crippen LogP contribution in [0.4, 0.5) is 4.79 Å². The predicted molar refractivity (Wildman–Crippen MR) is 68.9 cm³/mol. The van der Waals surface area contributed by atoms with Crippen LogP contribution in [0, 0.1) is 0 Å². The van der Waals surface area contributed by atoms with Crippen molar-refractivity contribution in [3.63, 3.8) is 0 Å². The Morgan fingerprint density at radius 2 is 2.00 bits per heavy atom. The quantitative estimate of drug-likeness (QED) is 0.897. The summed E-state index contributed by atoms with van der Waals surface area (Å²) in [6.45, 7) is 0.761. The second-order valence-corrected chi connectivity index (χ2v) is 4.03. The first kappa shape index (κ1) is 12.2. The number of nitrogens with one attached hydrogen (secondary N) is 1. The molecule has 4 heteroatoms. The van der Waals surface area contributed by atoms with E-state index in [4.69, 9.17) is 4.74 Å². The standard InChI is InChI=1S/C14H16N2O2/c1-16-9-5-8-13(16)10-15-14(17)18-11-12-6-3-2-4-7-12/h2-9H,10-11H2,1H3,(H,15,17). The Labute approximate surface area is 106 Å². The zero-order chi connectivity index (χ0) is 12.8. The van der Waals surface area contributed by atoms with Gasteiger partial charge < -0.3 is 14.6 Å². The van der Waals surface area contributed by atoms with E-state index in [0.29, 0.717) is 13.2 Å². The van der Waals surface area contributed by atoms with Crippen LogP contribution in [0.1, 0.15) is 11.3 Å². The lowest BCUT2D eigenvalue weighted by Crippen LogP contribution is -2.24. The molecule has 94 valence electrons. The number of aryl methyl sites for hydroxylation is 1. The van der Waals surface area contributed by atoms with Crippen molar-refractivity contribution in [1.82, 2.24) is 9.88 Å². The summed E-state index contributed by atoms with van der Waals surface area (Å²) in [4.78, 5) is 11.5. The van der Waals surface area contributed by atoms with Gasteiger partial charge in [-0.3, -0.25) is 0 Å². The SMILES string of the molecule is Cn1cccc1CNC(=O)OCc1ccccc1. The maximum atomic E-state index is 11.5. The van der Waals surface area contributed by atoms with E-state index in [2.05, 4.69) is 5.32 Å². The minimum absolute atomic E-state index is 0.291. The van der Waals surface area contributed by atoms with Crippen LogP contribution in [0.25, 0.3) is 0 Å². The normalized spacial score (nSPS) is 10.1. The van der Waals surface area contributed by atoms with Gasteiger partial charge in [0.1, 0.15) is 6.61 Å². The summed E-state index contributed by atoms with van der Waals surface area (Å²) < 4.78 is 7.06. The van der Waals surface area contributed by atoms with E-state index in [0.717, 1.165) is 11.3 Å². The molecular formula is C14H16N2O2. The Balaban J connectivity index is 1.75. The number of aromatic nitrogens is 1. The second kappa shape index (κ2) is 5.91. The number of rotatable bonds is 4. The highest BCUT2D eigenvalue weighted by Crippen LogP contribution is 2.02. The Bertz CT molecular complexity index is 506. The molecular weight excluding hydrogens is 228 g/mol. The van der Waals surface area contributed by atoms with E-state index >= 15 is 0 Å². The molecule has 0 radical (unpaired) electrons. The maximum Gasteiger partial charge on any atom is 0.407 e. The van der Waals surface area contributed by atoms with E-state index in [1.165, 1.54) is 0 Å². The number of benzene rings is 1. The third-order valence-corrected chi connectivity index (χ3v) is 2.68. The first-order valence-corrected chi connectivity index (χ1v) is 5.80. The molecule has 0 unspecified atom stereocenters. The monoisotopic (exact) mass is 244 g/mol. The van der Waals surface area contributed by atoms with Crippen molar-refractivity contribution in [3.8, 4) is 0 Å². The number of carbonyl (C=O) groups is 1. The molecule has 1 aromatic carbocycles. The van der Waals surface area contributed by atoms with Crippen molar-refractivity contribution >= 4 is 6.09 Å². The van der Waals surface area contributed by atoms with Gasteiger partial charge in [0.05, 0.1) is 6.54 Å². The van der Waals surface area contributed by atoms with E-state index < -0.39 is 6.09 Å². The fourth-order valence-corrected chi connectivity index (χ4v) is 1.62. The highest BCUT2D eigenvalue weighted by molar-refractivity contribution is 5.67. The molecule has 0 saturated heterocycles. The summed E-state index contributed by atoms with van der Waals surface area (Å²) in [5.41, 5.74) is 2.01. The molecule has 1 heterocycles. The second-order valence-electron chi connectivity index (χ2n) is 4.03. The number of carbonyl (C=O) groups excluding carboxylic acids is 1. The van der Waals surface area contributed by atoms with Gasteiger partial charge in [-0.05, 0) is 17.7 Å². The fraction of sp³-hybridized carbons (Fsp3) is 0.214. The molecule has 1 amide bonds. The van der Waals surface area contributed by atoms with Crippen LogP contribution in [0.15, 0.2) is 48.7 Å². The van der Waals surface area contributed by atoms with Crippen LogP contribution >= 0.6 is 0 Å². The van der Waals surface area contributed by atoms with Crippen molar-refractivity contribution in [2.45, 2.75) is 13.2 Å². The van der Waals surface area contributed by atoms with Gasteiger partial charge >= 0.3 is 6.09 Å². The highest BCUT2D eigenvalue weighted by Gasteiger charge is 2.03. The van der Waals surface area contributed by atoms with Crippen molar-refractivity contribution in [1.29, 1.82) is 0 Å². The van der Waals surface area contributed by atoms with Gasteiger partial charge in [0.2, 0.25) is 0 Å². The van der Waals surface area contributed by atoms with E-state index in [1.807, 2.05) is 60.3 Å². The number of nitrogens with zero attached hydrogens (tertiary/aromatic N) is 1. The van der Waals surface area contributed by atoms with Gasteiger partial charge in [0, 0.05) is 18.9 Å². The highest BCUT2D eigenvalue weighted by atomic mass is 16.5. The van der Waals surface area contributed by atoms with Gasteiger partial charge in [0.15, 0.2) is 0 Å². The molecule has 18 heavy (non-hydrogen) atoms. The lowest BCUT2D eigenvalue weighted by atomic mass is 10.2. The van der Waals surface area contributed by atoms with Crippen molar-refractivity contribution < 1.29 is 9.53 Å². The molecule has 0 spiro atoms. The average molecular weight is 244 g/mol. The number of hydrogen-bond acceptors (Lipinski definition) is 2. The van der Waals surface area contributed by atoms with Crippen molar-refractivity contribution in [3.05, 3.63) is 59.9 Å². The summed E-state index contributed by atoms with van der Waals surface area (Å²) in [6, 6.07) is 13.5. The Kier molecular flexibility index (Phi) is 4.02. The predicted octanol–water partition coefficient (Wildman–Crippen LogP) is 2.45. The minimum atomic E-state index is -0.403. The van der Waals surface area contributed by atoms with Crippen LogP contribution in [-0.4, -0.2) is 10.7 Å². The van der Waals surface area contributed by atoms with Crippen molar-refractivity contribution in [2.75, 3.05) is 0 Å². The van der Waals surface area contributed by atoms with Crippen molar-refractivity contribution in [2.24, 2.45) is 7.05 Å². The number of ether oxygens (including phenoxy) is 1. The van der Waals surface area contributed by atoms with E-state index in [9.17, 15) is 4.79 Å². The number of hydrogen-bond donors (Lipinski definition) is 1. The molecule has 0 aliphatic carbocycles. The van der Waals surface area contributed by atoms with Gasteiger partial charge in [0.25, 0.3) is 0 Å². The summed E-state index contributed by atoms with van der Waals surface area (Å²) in [7, 11) is 1.94. The molecule has 2 aromatic rings. The van der Waals surface area contributed by atoms with Crippen LogP contribution in [0.5, 0.6) is 0 Å². The molecule has 0 aliphatic heterocycles. The molecule has 0 atom stereocenters. The minimum Gasteiger partial charge on any atom is -0.445 e. The Hall–Kier alpha value is -2.23. The molecule has 1 aromatic heterocycles. The third kappa shape index (κ3) is 3.38. The zero-order valence-corrected chi connectivity index (χ0v) is 10.3. The lowest BCUT2D eigenvalue weighted by molar-refractivity contribution is 0.139. The molecule has 1 N–H and O–H groups in total. The smallest absolute Gasteiger partial charge is 0.407 e. The van der Waals surface area contributed by atoms with Gasteiger partial charge in [-0.15, -0.1) is 0 Å². The van der Waals surface area contributed by atoms with Crippen LogP contribution in [0.2, 0.25) is 0 Å². The van der Waals surface area contributed by atoms with Crippen LogP contribution < -0.4 is 5.32 Å². The molecule has 0 fully saturated rings. The van der Waals surface area contributed by atoms with Gasteiger partial charge in [-0.2, -0.15) is 0 Å². The summed E-state index contributed by atoms with van der Waals surface area (Å²) >= 11 is 0. The Morgan fingerprint density at radius 3 is 2.67 bits per heavy atom. The topological polar surface area (TPSA) is 43.3 Å². The first-order chi connectivity index (χ1) is 8.75. The zero-order valence-electron chi connectivity index (χ0n) is 10.3. The molecule has 4 nitrogen and oxygen atoms in total. The summed E-state index contributed by atoms with van der Waals surface area (Å²) in [6.07, 6.45) is 1.53. The number of alkyl carbamates (subject to hydrolysis) is 1. The van der Waals surface area contributed by atoms with Gasteiger partial charge in [-0.25, -0.2) is 4.79 Å². The number of amides is 1. The average Bonchev–Trinajstić information content (AvgIpc) is 2.81. The van der Waals surface area contributed by atoms with E-state index in [1.54, 1.807) is 0 Å².